The maximum Gasteiger partial charge on any atom is 0.223 e. The fourth-order valence-corrected chi connectivity index (χ4v) is 5.23. The zero-order valence-corrected chi connectivity index (χ0v) is 14.8. The van der Waals surface area contributed by atoms with Gasteiger partial charge in [-0.2, -0.15) is 0 Å². The molecule has 0 radical (unpaired) electrons. The summed E-state index contributed by atoms with van der Waals surface area (Å²) in [4.78, 5) is 17.7. The van der Waals surface area contributed by atoms with Crippen LogP contribution in [0.25, 0.3) is 10.9 Å². The molecule has 0 spiro atoms. The van der Waals surface area contributed by atoms with Gasteiger partial charge in [-0.15, -0.1) is 0 Å². The van der Waals surface area contributed by atoms with Crippen LogP contribution in [0.5, 0.6) is 0 Å². The molecule has 130 valence electrons. The van der Waals surface area contributed by atoms with Crippen molar-refractivity contribution < 1.29 is 13.2 Å². The smallest absolute Gasteiger partial charge is 0.223 e. The second-order valence-electron chi connectivity index (χ2n) is 6.50. The fraction of sp³-hybridized carbons (Fsp3) is 0.500. The Morgan fingerprint density at radius 1 is 1.33 bits per heavy atom. The van der Waals surface area contributed by atoms with Crippen molar-refractivity contribution in [1.29, 1.82) is 0 Å². The first-order chi connectivity index (χ1) is 11.5. The van der Waals surface area contributed by atoms with Crippen LogP contribution in [0.2, 0.25) is 0 Å². The van der Waals surface area contributed by atoms with Crippen LogP contribution in [-0.2, 0) is 21.1 Å². The third-order valence-electron chi connectivity index (χ3n) is 4.72. The summed E-state index contributed by atoms with van der Waals surface area (Å²) in [6, 6.07) is 7.91. The number of hydrogen-bond acceptors (Lipinski definition) is 3. The highest BCUT2D eigenvalue weighted by Crippen LogP contribution is 2.22. The summed E-state index contributed by atoms with van der Waals surface area (Å²) < 4.78 is 23.4. The Hall–Kier alpha value is -1.82. The lowest BCUT2D eigenvalue weighted by molar-refractivity contribution is -0.133. The summed E-state index contributed by atoms with van der Waals surface area (Å²) in [6.45, 7) is 2.65. The Morgan fingerprint density at radius 2 is 2.12 bits per heavy atom. The van der Waals surface area contributed by atoms with Crippen molar-refractivity contribution in [1.82, 2.24) is 9.88 Å². The average Bonchev–Trinajstić information content (AvgIpc) is 3.13. The van der Waals surface area contributed by atoms with E-state index < -0.39 is 9.84 Å². The van der Waals surface area contributed by atoms with Gasteiger partial charge in [0.15, 0.2) is 9.84 Å². The van der Waals surface area contributed by atoms with Crippen molar-refractivity contribution in [3.63, 3.8) is 0 Å². The lowest BCUT2D eigenvalue weighted by atomic mass is 10.1. The van der Waals surface area contributed by atoms with Crippen LogP contribution in [0.4, 0.5) is 0 Å². The summed E-state index contributed by atoms with van der Waals surface area (Å²) in [6.07, 6.45) is 4.46. The van der Waals surface area contributed by atoms with Gasteiger partial charge < -0.3 is 9.88 Å². The van der Waals surface area contributed by atoms with Crippen LogP contribution in [-0.4, -0.2) is 48.3 Å². The Morgan fingerprint density at radius 3 is 2.83 bits per heavy atom. The number of H-pyrrole nitrogens is 1. The van der Waals surface area contributed by atoms with E-state index in [9.17, 15) is 13.2 Å². The number of aryl methyl sites for hydroxylation is 1. The number of amides is 1. The van der Waals surface area contributed by atoms with E-state index >= 15 is 0 Å². The predicted molar refractivity (Wildman–Crippen MR) is 95.7 cm³/mol. The number of nitrogens with one attached hydrogen (secondary N) is 1. The number of fused-ring (bicyclic) bond motifs is 1. The van der Waals surface area contributed by atoms with Crippen molar-refractivity contribution in [2.45, 2.75) is 38.6 Å². The molecule has 0 aliphatic carbocycles. The molecule has 0 unspecified atom stereocenters. The molecule has 1 aromatic heterocycles. The number of carbonyl (C=O) groups is 1. The molecular formula is C18H24N2O3S. The van der Waals surface area contributed by atoms with Gasteiger partial charge in [-0.3, -0.25) is 4.79 Å². The summed E-state index contributed by atoms with van der Waals surface area (Å²) in [7, 11) is -2.98. The molecule has 1 atom stereocenters. The largest absolute Gasteiger partial charge is 0.361 e. The van der Waals surface area contributed by atoms with Crippen molar-refractivity contribution in [3.05, 3.63) is 36.0 Å². The van der Waals surface area contributed by atoms with Crippen LogP contribution in [0, 0.1) is 0 Å². The van der Waals surface area contributed by atoms with E-state index in [1.54, 1.807) is 4.90 Å². The molecule has 2 heterocycles. The van der Waals surface area contributed by atoms with Crippen molar-refractivity contribution in [2.24, 2.45) is 0 Å². The first-order valence-electron chi connectivity index (χ1n) is 8.55. The molecule has 0 bridgehead atoms. The monoisotopic (exact) mass is 348 g/mol. The van der Waals surface area contributed by atoms with Gasteiger partial charge in [0.05, 0.1) is 11.5 Å². The van der Waals surface area contributed by atoms with Crippen molar-refractivity contribution >= 4 is 26.6 Å². The van der Waals surface area contributed by atoms with E-state index in [0.717, 1.165) is 22.9 Å². The molecule has 2 aromatic rings. The molecule has 1 saturated heterocycles. The minimum Gasteiger partial charge on any atom is -0.361 e. The highest BCUT2D eigenvalue weighted by Gasteiger charge is 2.33. The molecular weight excluding hydrogens is 324 g/mol. The number of rotatable bonds is 6. The van der Waals surface area contributed by atoms with E-state index in [0.29, 0.717) is 25.8 Å². The van der Waals surface area contributed by atoms with Crippen LogP contribution in [0.3, 0.4) is 0 Å². The summed E-state index contributed by atoms with van der Waals surface area (Å²) in [5.74, 6) is 0.378. The summed E-state index contributed by atoms with van der Waals surface area (Å²) in [5, 5.41) is 1.15. The summed E-state index contributed by atoms with van der Waals surface area (Å²) in [5.41, 5.74) is 2.21. The Balaban J connectivity index is 1.67. The molecule has 5 nitrogen and oxygen atoms in total. The number of hydrogen-bond donors (Lipinski definition) is 1. The number of aromatic nitrogens is 1. The number of para-hydroxylation sites is 1. The van der Waals surface area contributed by atoms with Gasteiger partial charge in [-0.05, 0) is 30.9 Å². The summed E-state index contributed by atoms with van der Waals surface area (Å²) >= 11 is 0. The molecule has 6 heteroatoms. The van der Waals surface area contributed by atoms with E-state index in [1.807, 2.05) is 31.3 Å². The first-order valence-corrected chi connectivity index (χ1v) is 10.4. The van der Waals surface area contributed by atoms with Crippen LogP contribution in [0.15, 0.2) is 30.5 Å². The molecule has 24 heavy (non-hydrogen) atoms. The molecule has 1 amide bonds. The Labute approximate surface area is 143 Å². The van der Waals surface area contributed by atoms with E-state index in [1.165, 1.54) is 0 Å². The topological polar surface area (TPSA) is 70.2 Å². The van der Waals surface area contributed by atoms with Crippen LogP contribution >= 0.6 is 0 Å². The number of benzene rings is 1. The fourth-order valence-electron chi connectivity index (χ4n) is 3.50. The van der Waals surface area contributed by atoms with Crippen LogP contribution in [0.1, 0.15) is 31.7 Å². The minimum atomic E-state index is -2.98. The van der Waals surface area contributed by atoms with Gasteiger partial charge in [0.2, 0.25) is 5.91 Å². The van der Waals surface area contributed by atoms with Gasteiger partial charge in [-0.1, -0.05) is 25.1 Å². The zero-order valence-electron chi connectivity index (χ0n) is 14.0. The Bertz CT molecular complexity index is 826. The third kappa shape index (κ3) is 3.64. The van der Waals surface area contributed by atoms with Gasteiger partial charge >= 0.3 is 0 Å². The third-order valence-corrected chi connectivity index (χ3v) is 6.47. The number of sulfone groups is 1. The normalized spacial score (nSPS) is 19.6. The van der Waals surface area contributed by atoms with Crippen molar-refractivity contribution in [2.75, 3.05) is 18.1 Å². The highest BCUT2D eigenvalue weighted by molar-refractivity contribution is 7.91. The zero-order chi connectivity index (χ0) is 17.2. The van der Waals surface area contributed by atoms with Gasteiger partial charge in [0, 0.05) is 36.1 Å². The molecule has 1 aliphatic heterocycles. The lowest BCUT2D eigenvalue weighted by Crippen LogP contribution is -2.41. The molecule has 1 aliphatic rings. The second-order valence-corrected chi connectivity index (χ2v) is 8.73. The highest BCUT2D eigenvalue weighted by atomic mass is 32.2. The second kappa shape index (κ2) is 6.97. The first kappa shape index (κ1) is 17.0. The van der Waals surface area contributed by atoms with Crippen molar-refractivity contribution in [3.8, 4) is 0 Å². The Kier molecular flexibility index (Phi) is 4.94. The van der Waals surface area contributed by atoms with Crippen LogP contribution < -0.4 is 0 Å². The van der Waals surface area contributed by atoms with E-state index in [4.69, 9.17) is 0 Å². The quantitative estimate of drug-likeness (QED) is 0.872. The van der Waals surface area contributed by atoms with E-state index in [2.05, 4.69) is 11.1 Å². The molecule has 1 fully saturated rings. The van der Waals surface area contributed by atoms with E-state index in [-0.39, 0.29) is 23.5 Å². The minimum absolute atomic E-state index is 0.0595. The number of aromatic amines is 1. The average molecular weight is 348 g/mol. The van der Waals surface area contributed by atoms with Gasteiger partial charge in [0.1, 0.15) is 0 Å². The SMILES string of the molecule is CCCN(C(=O)CCc1c[nH]c2ccccc12)[C@H]1CCS(=O)(=O)C1. The lowest BCUT2D eigenvalue weighted by Gasteiger charge is -2.28. The van der Waals surface area contributed by atoms with Gasteiger partial charge in [0.25, 0.3) is 0 Å². The molecule has 1 N–H and O–H groups in total. The number of carbonyl (C=O) groups excluding carboxylic acids is 1. The molecule has 1 aromatic carbocycles. The van der Waals surface area contributed by atoms with Gasteiger partial charge in [-0.25, -0.2) is 8.42 Å². The predicted octanol–water partition coefficient (Wildman–Crippen LogP) is 2.53. The molecule has 3 rings (SSSR count). The number of nitrogens with zero attached hydrogens (tertiary/aromatic N) is 1. The molecule has 0 saturated carbocycles. The maximum absolute atomic E-state index is 12.7. The maximum atomic E-state index is 12.7. The standard InChI is InChI=1S/C18H24N2O3S/c1-2-10-20(15-9-11-24(22,23)13-15)18(21)8-7-14-12-19-17-6-4-3-5-16(14)17/h3-6,12,15,19H,2,7-11,13H2,1H3/t15-/m0/s1.